The Morgan fingerprint density at radius 2 is 2.11 bits per heavy atom. The monoisotopic (exact) mass is 297 g/mol. The zero-order chi connectivity index (χ0) is 14.0. The van der Waals surface area contributed by atoms with Gasteiger partial charge in [-0.15, -0.1) is 0 Å². The topological polar surface area (TPSA) is 29.9 Å². The summed E-state index contributed by atoms with van der Waals surface area (Å²) in [5.41, 5.74) is 3.15. The molecule has 0 spiro atoms. The van der Waals surface area contributed by atoms with Gasteiger partial charge in [0.05, 0.1) is 5.69 Å². The number of aromatic nitrogens is 2. The van der Waals surface area contributed by atoms with E-state index in [0.29, 0.717) is 11.7 Å². The average Bonchev–Trinajstić information content (AvgIpc) is 2.61. The van der Waals surface area contributed by atoms with Crippen LogP contribution >= 0.6 is 23.2 Å². The Labute approximate surface area is 123 Å². The molecule has 0 aliphatic heterocycles. The summed E-state index contributed by atoms with van der Waals surface area (Å²) in [4.78, 5) is 0. The van der Waals surface area contributed by atoms with Crippen LogP contribution in [0.25, 0.3) is 0 Å². The van der Waals surface area contributed by atoms with Crippen LogP contribution < -0.4 is 5.32 Å². The summed E-state index contributed by atoms with van der Waals surface area (Å²) in [6.07, 6.45) is 0. The van der Waals surface area contributed by atoms with Crippen LogP contribution in [-0.4, -0.2) is 9.78 Å². The van der Waals surface area contributed by atoms with Crippen molar-refractivity contribution in [2.24, 2.45) is 7.05 Å². The maximum atomic E-state index is 6.21. The minimum absolute atomic E-state index is 0.203. The Balaban J connectivity index is 2.06. The van der Waals surface area contributed by atoms with Crippen molar-refractivity contribution >= 4 is 23.2 Å². The van der Waals surface area contributed by atoms with Gasteiger partial charge in [0.15, 0.2) is 0 Å². The molecule has 1 N–H and O–H groups in total. The van der Waals surface area contributed by atoms with Crippen LogP contribution in [0.1, 0.15) is 29.8 Å². The first-order chi connectivity index (χ1) is 8.99. The lowest BCUT2D eigenvalue weighted by Gasteiger charge is -2.14. The van der Waals surface area contributed by atoms with Crippen molar-refractivity contribution in [3.05, 3.63) is 51.3 Å². The molecule has 0 aliphatic carbocycles. The fourth-order valence-corrected chi connectivity index (χ4v) is 2.46. The first kappa shape index (κ1) is 14.4. The third kappa shape index (κ3) is 3.30. The van der Waals surface area contributed by atoms with Crippen LogP contribution in [0.4, 0.5) is 0 Å². The van der Waals surface area contributed by atoms with Gasteiger partial charge in [0.25, 0.3) is 0 Å². The predicted molar refractivity (Wildman–Crippen MR) is 79.7 cm³/mol. The largest absolute Gasteiger partial charge is 0.306 e. The van der Waals surface area contributed by atoms with E-state index in [0.717, 1.165) is 21.8 Å². The molecule has 2 rings (SSSR count). The van der Waals surface area contributed by atoms with E-state index in [2.05, 4.69) is 23.4 Å². The minimum atomic E-state index is 0.203. The zero-order valence-electron chi connectivity index (χ0n) is 11.2. The Bertz CT molecular complexity index is 578. The quantitative estimate of drug-likeness (QED) is 0.928. The average molecular weight is 298 g/mol. The lowest BCUT2D eigenvalue weighted by atomic mass is 10.1. The lowest BCUT2D eigenvalue weighted by Crippen LogP contribution is -2.18. The molecule has 102 valence electrons. The summed E-state index contributed by atoms with van der Waals surface area (Å²) in [5.74, 6) is 0. The van der Waals surface area contributed by atoms with Crippen molar-refractivity contribution in [3.8, 4) is 0 Å². The number of rotatable bonds is 4. The van der Waals surface area contributed by atoms with Crippen molar-refractivity contribution in [1.29, 1.82) is 0 Å². The molecule has 0 saturated heterocycles. The predicted octanol–water partition coefficient (Wildman–Crippen LogP) is 3.89. The van der Waals surface area contributed by atoms with Gasteiger partial charge in [-0.3, -0.25) is 4.68 Å². The van der Waals surface area contributed by atoms with Crippen molar-refractivity contribution in [3.63, 3.8) is 0 Å². The first-order valence-electron chi connectivity index (χ1n) is 6.16. The summed E-state index contributed by atoms with van der Waals surface area (Å²) in [6.45, 7) is 4.75. The van der Waals surface area contributed by atoms with Gasteiger partial charge in [0.2, 0.25) is 0 Å². The zero-order valence-corrected chi connectivity index (χ0v) is 12.8. The van der Waals surface area contributed by atoms with Crippen LogP contribution in [0.2, 0.25) is 10.2 Å². The summed E-state index contributed by atoms with van der Waals surface area (Å²) >= 11 is 12.2. The number of nitrogens with one attached hydrogen (secondary N) is 1. The Morgan fingerprint density at radius 3 is 2.68 bits per heavy atom. The second-order valence-corrected chi connectivity index (χ2v) is 5.43. The molecule has 1 heterocycles. The molecule has 0 fully saturated rings. The maximum Gasteiger partial charge on any atom is 0.131 e. The number of nitrogens with zero attached hydrogens (tertiary/aromatic N) is 2. The van der Waals surface area contributed by atoms with E-state index in [4.69, 9.17) is 23.2 Å². The molecule has 1 aromatic carbocycles. The van der Waals surface area contributed by atoms with Gasteiger partial charge < -0.3 is 5.32 Å². The molecule has 5 heteroatoms. The molecule has 0 unspecified atom stereocenters. The van der Waals surface area contributed by atoms with Crippen molar-refractivity contribution in [2.45, 2.75) is 26.4 Å². The number of halogens is 2. The number of hydrogen-bond acceptors (Lipinski definition) is 2. The molecular weight excluding hydrogens is 281 g/mol. The molecular formula is C14H17Cl2N3. The number of benzene rings is 1. The van der Waals surface area contributed by atoms with Gasteiger partial charge in [0, 0.05) is 30.2 Å². The van der Waals surface area contributed by atoms with Crippen LogP contribution in [0, 0.1) is 6.92 Å². The molecule has 0 aliphatic rings. The van der Waals surface area contributed by atoms with E-state index in [-0.39, 0.29) is 6.04 Å². The molecule has 2 aromatic rings. The van der Waals surface area contributed by atoms with Gasteiger partial charge in [-0.2, -0.15) is 5.10 Å². The number of aryl methyl sites for hydroxylation is 2. The lowest BCUT2D eigenvalue weighted by molar-refractivity contribution is 0.573. The van der Waals surface area contributed by atoms with Crippen molar-refractivity contribution < 1.29 is 0 Å². The van der Waals surface area contributed by atoms with E-state index >= 15 is 0 Å². The molecule has 3 nitrogen and oxygen atoms in total. The van der Waals surface area contributed by atoms with Gasteiger partial charge >= 0.3 is 0 Å². The summed E-state index contributed by atoms with van der Waals surface area (Å²) < 4.78 is 1.69. The highest BCUT2D eigenvalue weighted by molar-refractivity contribution is 6.30. The van der Waals surface area contributed by atoms with Crippen LogP contribution in [-0.2, 0) is 13.6 Å². The number of hydrogen-bond donors (Lipinski definition) is 1. The normalized spacial score (nSPS) is 12.7. The first-order valence-corrected chi connectivity index (χ1v) is 6.91. The highest BCUT2D eigenvalue weighted by Crippen LogP contribution is 2.21. The Hall–Kier alpha value is -1.03. The smallest absolute Gasteiger partial charge is 0.131 e. The summed E-state index contributed by atoms with van der Waals surface area (Å²) in [5, 5.41) is 9.18. The Morgan fingerprint density at radius 1 is 1.37 bits per heavy atom. The van der Waals surface area contributed by atoms with E-state index in [1.807, 2.05) is 32.2 Å². The molecule has 0 radical (unpaired) electrons. The van der Waals surface area contributed by atoms with Crippen molar-refractivity contribution in [2.75, 3.05) is 0 Å². The minimum Gasteiger partial charge on any atom is -0.306 e. The standard InChI is InChI=1S/C14H17Cl2N3/c1-9(11-5-4-6-12(15)7-11)17-8-13-10(2)18-19(3)14(13)16/h4-7,9,17H,8H2,1-3H3/t9-/m1/s1. The Kier molecular flexibility index (Phi) is 4.50. The SMILES string of the molecule is Cc1nn(C)c(Cl)c1CN[C@H](C)c1cccc(Cl)c1. The van der Waals surface area contributed by atoms with E-state index < -0.39 is 0 Å². The summed E-state index contributed by atoms with van der Waals surface area (Å²) in [6, 6.07) is 8.06. The summed E-state index contributed by atoms with van der Waals surface area (Å²) in [7, 11) is 1.85. The van der Waals surface area contributed by atoms with Gasteiger partial charge in [-0.1, -0.05) is 35.3 Å². The third-order valence-electron chi connectivity index (χ3n) is 3.20. The van der Waals surface area contributed by atoms with Gasteiger partial charge in [-0.05, 0) is 31.5 Å². The third-order valence-corrected chi connectivity index (χ3v) is 3.91. The fourth-order valence-electron chi connectivity index (χ4n) is 2.02. The van der Waals surface area contributed by atoms with Crippen LogP contribution in [0.3, 0.4) is 0 Å². The molecule has 0 saturated carbocycles. The highest BCUT2D eigenvalue weighted by Gasteiger charge is 2.12. The molecule has 0 amide bonds. The molecule has 19 heavy (non-hydrogen) atoms. The van der Waals surface area contributed by atoms with Crippen LogP contribution in [0.5, 0.6) is 0 Å². The van der Waals surface area contributed by atoms with E-state index in [1.54, 1.807) is 4.68 Å². The van der Waals surface area contributed by atoms with Gasteiger partial charge in [-0.25, -0.2) is 0 Å². The second kappa shape index (κ2) is 5.95. The van der Waals surface area contributed by atoms with Crippen LogP contribution in [0.15, 0.2) is 24.3 Å². The molecule has 0 bridgehead atoms. The van der Waals surface area contributed by atoms with Crippen molar-refractivity contribution in [1.82, 2.24) is 15.1 Å². The maximum absolute atomic E-state index is 6.21. The molecule has 1 atom stereocenters. The van der Waals surface area contributed by atoms with Gasteiger partial charge in [0.1, 0.15) is 5.15 Å². The molecule has 1 aromatic heterocycles. The van der Waals surface area contributed by atoms with E-state index in [9.17, 15) is 0 Å². The fraction of sp³-hybridized carbons (Fsp3) is 0.357. The van der Waals surface area contributed by atoms with E-state index in [1.165, 1.54) is 0 Å². The highest BCUT2D eigenvalue weighted by atomic mass is 35.5. The second-order valence-electron chi connectivity index (χ2n) is 4.64.